The van der Waals surface area contributed by atoms with Gasteiger partial charge in [-0.3, -0.25) is 4.98 Å². The number of methoxy groups -OCH3 is 1. The van der Waals surface area contributed by atoms with Gasteiger partial charge in [-0.05, 0) is 19.1 Å². The standard InChI is InChI=1S/C9H11NO3/c1-6-4-3-5-7(10-6)8(11)9(12)13-2/h3-5,8,11H,1-2H3. The maximum absolute atomic E-state index is 10.9. The Labute approximate surface area is 76.2 Å². The number of aliphatic hydroxyl groups is 1. The molecule has 0 spiro atoms. The van der Waals surface area contributed by atoms with E-state index in [1.165, 1.54) is 7.11 Å². The van der Waals surface area contributed by atoms with E-state index in [9.17, 15) is 9.90 Å². The van der Waals surface area contributed by atoms with E-state index in [1.54, 1.807) is 25.1 Å². The number of carbonyl (C=O) groups excluding carboxylic acids is 1. The van der Waals surface area contributed by atoms with Crippen molar-refractivity contribution in [1.29, 1.82) is 0 Å². The monoisotopic (exact) mass is 181 g/mol. The van der Waals surface area contributed by atoms with E-state index in [2.05, 4.69) is 9.72 Å². The Morgan fingerprint density at radius 3 is 2.85 bits per heavy atom. The first-order chi connectivity index (χ1) is 6.15. The zero-order valence-corrected chi connectivity index (χ0v) is 7.52. The molecule has 1 atom stereocenters. The van der Waals surface area contributed by atoms with Crippen molar-refractivity contribution in [2.24, 2.45) is 0 Å². The summed E-state index contributed by atoms with van der Waals surface area (Å²) in [6, 6.07) is 5.09. The van der Waals surface area contributed by atoms with Crippen molar-refractivity contribution in [3.05, 3.63) is 29.6 Å². The van der Waals surface area contributed by atoms with Gasteiger partial charge in [0.2, 0.25) is 0 Å². The summed E-state index contributed by atoms with van der Waals surface area (Å²) < 4.78 is 4.38. The lowest BCUT2D eigenvalue weighted by Crippen LogP contribution is -2.14. The first kappa shape index (κ1) is 9.67. The van der Waals surface area contributed by atoms with Crippen LogP contribution < -0.4 is 0 Å². The second kappa shape index (κ2) is 4.00. The summed E-state index contributed by atoms with van der Waals surface area (Å²) in [5.41, 5.74) is 1.06. The minimum Gasteiger partial charge on any atom is -0.467 e. The molecule has 13 heavy (non-hydrogen) atoms. The van der Waals surface area contributed by atoms with E-state index in [1.807, 2.05) is 0 Å². The molecule has 1 N–H and O–H groups in total. The van der Waals surface area contributed by atoms with E-state index in [0.29, 0.717) is 5.69 Å². The molecule has 0 aromatic carbocycles. The van der Waals surface area contributed by atoms with Crippen molar-refractivity contribution >= 4 is 5.97 Å². The summed E-state index contributed by atoms with van der Waals surface area (Å²) in [7, 11) is 1.22. The molecule has 70 valence electrons. The molecule has 0 aliphatic carbocycles. The summed E-state index contributed by atoms with van der Waals surface area (Å²) >= 11 is 0. The Hall–Kier alpha value is -1.42. The molecule has 4 nitrogen and oxygen atoms in total. The van der Waals surface area contributed by atoms with Crippen LogP contribution in [0.25, 0.3) is 0 Å². The van der Waals surface area contributed by atoms with Crippen LogP contribution in [0, 0.1) is 6.92 Å². The molecule has 1 heterocycles. The third-order valence-corrected chi connectivity index (χ3v) is 1.61. The van der Waals surface area contributed by atoms with Crippen molar-refractivity contribution in [2.75, 3.05) is 7.11 Å². The number of esters is 1. The molecule has 0 fully saturated rings. The minimum absolute atomic E-state index is 0.312. The lowest BCUT2D eigenvalue weighted by molar-refractivity contribution is -0.150. The number of aromatic nitrogens is 1. The predicted molar refractivity (Wildman–Crippen MR) is 45.9 cm³/mol. The highest BCUT2D eigenvalue weighted by molar-refractivity contribution is 5.75. The summed E-state index contributed by atoms with van der Waals surface area (Å²) in [4.78, 5) is 14.9. The smallest absolute Gasteiger partial charge is 0.341 e. The number of aliphatic hydroxyl groups excluding tert-OH is 1. The largest absolute Gasteiger partial charge is 0.467 e. The number of hydrogen-bond acceptors (Lipinski definition) is 4. The molecule has 1 aromatic rings. The highest BCUT2D eigenvalue weighted by Gasteiger charge is 2.18. The van der Waals surface area contributed by atoms with Gasteiger partial charge in [-0.25, -0.2) is 4.79 Å². The maximum Gasteiger partial charge on any atom is 0.341 e. The predicted octanol–water partition coefficient (Wildman–Crippen LogP) is 0.596. The Bertz CT molecular complexity index is 311. The molecule has 4 heteroatoms. The average molecular weight is 181 g/mol. The molecule has 0 aliphatic rings. The maximum atomic E-state index is 10.9. The quantitative estimate of drug-likeness (QED) is 0.678. The van der Waals surface area contributed by atoms with Crippen molar-refractivity contribution in [1.82, 2.24) is 4.98 Å². The molecule has 0 amide bonds. The summed E-state index contributed by atoms with van der Waals surface area (Å²) in [6.07, 6.45) is -1.29. The number of carbonyl (C=O) groups is 1. The fourth-order valence-electron chi connectivity index (χ4n) is 0.949. The molecule has 0 saturated heterocycles. The van der Waals surface area contributed by atoms with Crippen LogP contribution in [0.3, 0.4) is 0 Å². The van der Waals surface area contributed by atoms with Gasteiger partial charge in [-0.2, -0.15) is 0 Å². The van der Waals surface area contributed by atoms with E-state index in [-0.39, 0.29) is 0 Å². The number of ether oxygens (including phenoxy) is 1. The topological polar surface area (TPSA) is 59.4 Å². The van der Waals surface area contributed by atoms with Gasteiger partial charge in [0.25, 0.3) is 0 Å². The second-order valence-electron chi connectivity index (χ2n) is 2.63. The normalized spacial score (nSPS) is 12.2. The number of rotatable bonds is 2. The van der Waals surface area contributed by atoms with Gasteiger partial charge >= 0.3 is 5.97 Å². The lowest BCUT2D eigenvalue weighted by atomic mass is 10.2. The first-order valence-electron chi connectivity index (χ1n) is 3.84. The molecule has 0 bridgehead atoms. The van der Waals surface area contributed by atoms with Crippen LogP contribution in [0.4, 0.5) is 0 Å². The first-order valence-corrected chi connectivity index (χ1v) is 3.84. The molecular weight excluding hydrogens is 170 g/mol. The average Bonchev–Trinajstić information content (AvgIpc) is 2.15. The van der Waals surface area contributed by atoms with Crippen molar-refractivity contribution in [2.45, 2.75) is 13.0 Å². The van der Waals surface area contributed by atoms with Gasteiger partial charge in [0.05, 0.1) is 12.8 Å². The Balaban J connectivity index is 2.88. The van der Waals surface area contributed by atoms with E-state index >= 15 is 0 Å². The fraction of sp³-hybridized carbons (Fsp3) is 0.333. The second-order valence-corrected chi connectivity index (χ2v) is 2.63. The molecule has 0 radical (unpaired) electrons. The Morgan fingerprint density at radius 1 is 1.62 bits per heavy atom. The summed E-state index contributed by atoms with van der Waals surface area (Å²) in [5, 5.41) is 9.38. The third kappa shape index (κ3) is 2.26. The van der Waals surface area contributed by atoms with Crippen molar-refractivity contribution in [3.8, 4) is 0 Å². The zero-order chi connectivity index (χ0) is 9.84. The van der Waals surface area contributed by atoms with E-state index in [4.69, 9.17) is 0 Å². The van der Waals surface area contributed by atoms with Crippen LogP contribution in [0.5, 0.6) is 0 Å². The zero-order valence-electron chi connectivity index (χ0n) is 7.52. The van der Waals surface area contributed by atoms with Gasteiger partial charge in [0.1, 0.15) is 0 Å². The number of hydrogen-bond donors (Lipinski definition) is 1. The van der Waals surface area contributed by atoms with E-state index in [0.717, 1.165) is 5.69 Å². The van der Waals surface area contributed by atoms with E-state index < -0.39 is 12.1 Å². The SMILES string of the molecule is COC(=O)C(O)c1cccc(C)n1. The van der Waals surface area contributed by atoms with Crippen molar-refractivity contribution in [3.63, 3.8) is 0 Å². The summed E-state index contributed by atoms with van der Waals surface area (Å²) in [6.45, 7) is 1.79. The Kier molecular flexibility index (Phi) is 2.97. The molecule has 1 aromatic heterocycles. The van der Waals surface area contributed by atoms with Crippen LogP contribution in [0.2, 0.25) is 0 Å². The molecule has 1 rings (SSSR count). The Morgan fingerprint density at radius 2 is 2.31 bits per heavy atom. The van der Waals surface area contributed by atoms with Crippen LogP contribution >= 0.6 is 0 Å². The number of pyridine rings is 1. The van der Waals surface area contributed by atoms with Crippen LogP contribution in [-0.2, 0) is 9.53 Å². The number of nitrogens with zero attached hydrogens (tertiary/aromatic N) is 1. The van der Waals surface area contributed by atoms with Crippen LogP contribution in [0.15, 0.2) is 18.2 Å². The highest BCUT2D eigenvalue weighted by Crippen LogP contribution is 2.11. The summed E-state index contributed by atoms with van der Waals surface area (Å²) in [5.74, 6) is -0.696. The molecule has 1 unspecified atom stereocenters. The van der Waals surface area contributed by atoms with Gasteiger partial charge in [-0.15, -0.1) is 0 Å². The highest BCUT2D eigenvalue weighted by atomic mass is 16.5. The lowest BCUT2D eigenvalue weighted by Gasteiger charge is -2.07. The van der Waals surface area contributed by atoms with Crippen molar-refractivity contribution < 1.29 is 14.6 Å². The van der Waals surface area contributed by atoms with Gasteiger partial charge < -0.3 is 9.84 Å². The minimum atomic E-state index is -1.29. The molecule has 0 aliphatic heterocycles. The van der Waals surface area contributed by atoms with Gasteiger partial charge in [0.15, 0.2) is 6.10 Å². The molecule has 0 saturated carbocycles. The molecular formula is C9H11NO3. The third-order valence-electron chi connectivity index (χ3n) is 1.61. The fourth-order valence-corrected chi connectivity index (χ4v) is 0.949. The van der Waals surface area contributed by atoms with Gasteiger partial charge in [0, 0.05) is 5.69 Å². The van der Waals surface area contributed by atoms with Crippen LogP contribution in [0.1, 0.15) is 17.5 Å². The number of aryl methyl sites for hydroxylation is 1. The van der Waals surface area contributed by atoms with Gasteiger partial charge in [-0.1, -0.05) is 6.07 Å². The van der Waals surface area contributed by atoms with Crippen LogP contribution in [-0.4, -0.2) is 23.2 Å².